The molecule has 24 heavy (non-hydrogen) atoms. The number of amides is 2. The Morgan fingerprint density at radius 2 is 2.17 bits per heavy atom. The fourth-order valence-corrected chi connectivity index (χ4v) is 2.69. The average Bonchev–Trinajstić information content (AvgIpc) is 3.18. The van der Waals surface area contributed by atoms with Crippen LogP contribution >= 0.6 is 0 Å². The molecule has 2 aromatic rings. The molecule has 3 rings (SSSR count). The molecule has 0 radical (unpaired) electrons. The minimum Gasteiger partial charge on any atom is -0.497 e. The summed E-state index contributed by atoms with van der Waals surface area (Å²) >= 11 is 0. The van der Waals surface area contributed by atoms with E-state index in [1.165, 1.54) is 0 Å². The number of ether oxygens (including phenoxy) is 1. The second kappa shape index (κ2) is 6.74. The molecule has 126 valence electrons. The van der Waals surface area contributed by atoms with Gasteiger partial charge in [-0.25, -0.2) is 4.98 Å². The molecule has 0 aliphatic carbocycles. The van der Waals surface area contributed by atoms with Gasteiger partial charge in [-0.1, -0.05) is 0 Å². The van der Waals surface area contributed by atoms with E-state index in [9.17, 15) is 9.59 Å². The number of rotatable bonds is 5. The molecule has 0 saturated carbocycles. The van der Waals surface area contributed by atoms with Crippen molar-refractivity contribution in [2.45, 2.75) is 19.9 Å². The van der Waals surface area contributed by atoms with E-state index < -0.39 is 0 Å². The first-order valence-electron chi connectivity index (χ1n) is 7.70. The zero-order valence-electron chi connectivity index (χ0n) is 13.6. The Kier molecular flexibility index (Phi) is 4.50. The van der Waals surface area contributed by atoms with Crippen LogP contribution < -0.4 is 15.0 Å². The van der Waals surface area contributed by atoms with E-state index in [1.54, 1.807) is 37.3 Å². The van der Waals surface area contributed by atoms with E-state index in [0.29, 0.717) is 18.2 Å². The number of carbonyl (C=O) groups is 2. The molecule has 1 aromatic heterocycles. The van der Waals surface area contributed by atoms with Crippen LogP contribution in [0.4, 0.5) is 5.69 Å². The molecule has 2 heterocycles. The third kappa shape index (κ3) is 3.40. The van der Waals surface area contributed by atoms with Gasteiger partial charge in [0.25, 0.3) is 0 Å². The molecule has 1 fully saturated rings. The summed E-state index contributed by atoms with van der Waals surface area (Å²) in [5.41, 5.74) is 0.763. The van der Waals surface area contributed by atoms with Crippen molar-refractivity contribution in [3.63, 3.8) is 0 Å². The number of anilines is 1. The molecule has 2 amide bonds. The normalized spacial score (nSPS) is 17.2. The van der Waals surface area contributed by atoms with Gasteiger partial charge in [0.1, 0.15) is 11.5 Å². The van der Waals surface area contributed by atoms with Gasteiger partial charge < -0.3 is 19.4 Å². The maximum absolute atomic E-state index is 12.3. The van der Waals surface area contributed by atoms with Crippen molar-refractivity contribution < 1.29 is 18.7 Å². The largest absolute Gasteiger partial charge is 0.497 e. The SMILES string of the molecule is COc1ccc(N2C[C@H](C(=O)NCc3ncc(C)o3)CC2=O)cc1. The lowest BCUT2D eigenvalue weighted by Crippen LogP contribution is -2.32. The first-order valence-corrected chi connectivity index (χ1v) is 7.70. The highest BCUT2D eigenvalue weighted by atomic mass is 16.5. The van der Waals surface area contributed by atoms with Crippen LogP contribution in [-0.2, 0) is 16.1 Å². The minimum atomic E-state index is -0.379. The van der Waals surface area contributed by atoms with Crippen LogP contribution in [0.3, 0.4) is 0 Å². The van der Waals surface area contributed by atoms with Crippen LogP contribution in [0, 0.1) is 12.8 Å². The molecule has 7 heteroatoms. The van der Waals surface area contributed by atoms with Crippen molar-refractivity contribution in [2.75, 3.05) is 18.6 Å². The number of nitrogens with zero attached hydrogens (tertiary/aromatic N) is 2. The van der Waals surface area contributed by atoms with Gasteiger partial charge in [-0.2, -0.15) is 0 Å². The summed E-state index contributed by atoms with van der Waals surface area (Å²) in [5, 5.41) is 2.77. The maximum atomic E-state index is 12.3. The van der Waals surface area contributed by atoms with E-state index >= 15 is 0 Å². The van der Waals surface area contributed by atoms with Crippen LogP contribution in [0.25, 0.3) is 0 Å². The summed E-state index contributed by atoms with van der Waals surface area (Å²) in [6.45, 7) is 2.38. The molecular weight excluding hydrogens is 310 g/mol. The first-order chi connectivity index (χ1) is 11.6. The lowest BCUT2D eigenvalue weighted by atomic mass is 10.1. The molecule has 7 nitrogen and oxygen atoms in total. The van der Waals surface area contributed by atoms with Crippen LogP contribution in [-0.4, -0.2) is 30.5 Å². The van der Waals surface area contributed by atoms with Crippen molar-refractivity contribution >= 4 is 17.5 Å². The third-order valence-electron chi connectivity index (χ3n) is 3.96. The lowest BCUT2D eigenvalue weighted by Gasteiger charge is -2.17. The van der Waals surface area contributed by atoms with Gasteiger partial charge in [-0.15, -0.1) is 0 Å². The quantitative estimate of drug-likeness (QED) is 0.902. The second-order valence-electron chi connectivity index (χ2n) is 5.69. The molecule has 1 aromatic carbocycles. The van der Waals surface area contributed by atoms with Gasteiger partial charge in [-0.3, -0.25) is 9.59 Å². The summed E-state index contributed by atoms with van der Waals surface area (Å²) in [6, 6.07) is 7.21. The Morgan fingerprint density at radius 1 is 1.42 bits per heavy atom. The van der Waals surface area contributed by atoms with Crippen molar-refractivity contribution in [1.82, 2.24) is 10.3 Å². The number of hydrogen-bond donors (Lipinski definition) is 1. The summed E-state index contributed by atoms with van der Waals surface area (Å²) in [7, 11) is 1.59. The zero-order valence-corrected chi connectivity index (χ0v) is 13.6. The second-order valence-corrected chi connectivity index (χ2v) is 5.69. The van der Waals surface area contributed by atoms with Gasteiger partial charge in [-0.05, 0) is 31.2 Å². The first kappa shape index (κ1) is 16.0. The van der Waals surface area contributed by atoms with Gasteiger partial charge in [0.2, 0.25) is 17.7 Å². The number of methoxy groups -OCH3 is 1. The van der Waals surface area contributed by atoms with Crippen LogP contribution in [0.5, 0.6) is 5.75 Å². The zero-order chi connectivity index (χ0) is 17.1. The highest BCUT2D eigenvalue weighted by Gasteiger charge is 2.35. The average molecular weight is 329 g/mol. The van der Waals surface area contributed by atoms with Gasteiger partial charge in [0.15, 0.2) is 0 Å². The Balaban J connectivity index is 1.59. The summed E-state index contributed by atoms with van der Waals surface area (Å²) < 4.78 is 10.4. The number of carbonyl (C=O) groups excluding carboxylic acids is 2. The number of nitrogens with one attached hydrogen (secondary N) is 1. The molecule has 0 spiro atoms. The number of benzene rings is 1. The number of aryl methyl sites for hydroxylation is 1. The van der Waals surface area contributed by atoms with Crippen molar-refractivity contribution in [2.24, 2.45) is 5.92 Å². The molecule has 0 bridgehead atoms. The van der Waals surface area contributed by atoms with Gasteiger partial charge in [0.05, 0.1) is 25.8 Å². The number of oxazole rings is 1. The third-order valence-corrected chi connectivity index (χ3v) is 3.96. The Bertz CT molecular complexity index is 739. The van der Waals surface area contributed by atoms with E-state index in [4.69, 9.17) is 9.15 Å². The lowest BCUT2D eigenvalue weighted by molar-refractivity contribution is -0.126. The topological polar surface area (TPSA) is 84.7 Å². The van der Waals surface area contributed by atoms with Crippen LogP contribution in [0.2, 0.25) is 0 Å². The standard InChI is InChI=1S/C17H19N3O4/c1-11-8-18-15(24-11)9-19-17(22)12-7-16(21)20(10-12)13-3-5-14(23-2)6-4-13/h3-6,8,12H,7,9-10H2,1-2H3,(H,19,22)/t12-/m1/s1. The van der Waals surface area contributed by atoms with Crippen molar-refractivity contribution in [1.29, 1.82) is 0 Å². The fourth-order valence-electron chi connectivity index (χ4n) is 2.69. The summed E-state index contributed by atoms with van der Waals surface area (Å²) in [6.07, 6.45) is 1.80. The molecule has 1 aliphatic heterocycles. The molecular formula is C17H19N3O4. The van der Waals surface area contributed by atoms with Gasteiger partial charge >= 0.3 is 0 Å². The minimum absolute atomic E-state index is 0.0627. The molecule has 1 aliphatic rings. The van der Waals surface area contributed by atoms with Gasteiger partial charge in [0, 0.05) is 18.7 Å². The fraction of sp³-hybridized carbons (Fsp3) is 0.353. The predicted molar refractivity (Wildman–Crippen MR) is 86.5 cm³/mol. The monoisotopic (exact) mass is 329 g/mol. The number of aromatic nitrogens is 1. The van der Waals surface area contributed by atoms with E-state index in [1.807, 2.05) is 12.1 Å². The van der Waals surface area contributed by atoms with Crippen LogP contribution in [0.15, 0.2) is 34.9 Å². The molecule has 1 atom stereocenters. The molecule has 0 unspecified atom stereocenters. The van der Waals surface area contributed by atoms with E-state index in [0.717, 1.165) is 11.4 Å². The van der Waals surface area contributed by atoms with E-state index in [-0.39, 0.29) is 30.7 Å². The highest BCUT2D eigenvalue weighted by molar-refractivity contribution is 6.00. The Morgan fingerprint density at radius 3 is 2.79 bits per heavy atom. The van der Waals surface area contributed by atoms with Crippen molar-refractivity contribution in [3.8, 4) is 5.75 Å². The van der Waals surface area contributed by atoms with E-state index in [2.05, 4.69) is 10.3 Å². The molecule has 1 saturated heterocycles. The summed E-state index contributed by atoms with van der Waals surface area (Å²) in [4.78, 5) is 30.1. The summed E-state index contributed by atoms with van der Waals surface area (Å²) in [5.74, 6) is 1.26. The van der Waals surface area contributed by atoms with Crippen LogP contribution in [0.1, 0.15) is 18.1 Å². The molecule has 1 N–H and O–H groups in total. The smallest absolute Gasteiger partial charge is 0.227 e. The Labute approximate surface area is 139 Å². The predicted octanol–water partition coefficient (Wildman–Crippen LogP) is 1.66. The Hall–Kier alpha value is -2.83. The maximum Gasteiger partial charge on any atom is 0.227 e. The number of hydrogen-bond acceptors (Lipinski definition) is 5. The van der Waals surface area contributed by atoms with Crippen molar-refractivity contribution in [3.05, 3.63) is 42.1 Å². The highest BCUT2D eigenvalue weighted by Crippen LogP contribution is 2.26.